The molecule has 5 nitrogen and oxygen atoms in total. The Balaban J connectivity index is 1.42. The molecule has 2 aromatic carbocycles. The van der Waals surface area contributed by atoms with Gasteiger partial charge in [0.25, 0.3) is 11.8 Å². The zero-order chi connectivity index (χ0) is 25.3. The van der Waals surface area contributed by atoms with E-state index in [1.807, 2.05) is 0 Å². The molecule has 0 N–H and O–H groups in total. The molecule has 0 atom stereocenters. The lowest BCUT2D eigenvalue weighted by Crippen LogP contribution is -2.38. The number of benzene rings is 2. The van der Waals surface area contributed by atoms with Gasteiger partial charge in [-0.15, -0.1) is 11.3 Å². The van der Waals surface area contributed by atoms with E-state index in [1.165, 1.54) is 47.5 Å². The topological polar surface area (TPSA) is 53.5 Å². The van der Waals surface area contributed by atoms with Crippen LogP contribution in [0.15, 0.2) is 47.8 Å². The average molecular weight is 510 g/mol. The van der Waals surface area contributed by atoms with Crippen LogP contribution in [0, 0.1) is 11.6 Å². The van der Waals surface area contributed by atoms with E-state index in [2.05, 4.69) is 4.98 Å². The Kier molecular flexibility index (Phi) is 6.88. The van der Waals surface area contributed by atoms with Crippen molar-refractivity contribution in [1.29, 1.82) is 0 Å². The first-order chi connectivity index (χ1) is 16.6. The largest absolute Gasteiger partial charge is 0.417 e. The van der Waals surface area contributed by atoms with Gasteiger partial charge in [0, 0.05) is 37.5 Å². The molecule has 1 fully saturated rings. The summed E-state index contributed by atoms with van der Waals surface area (Å²) in [4.78, 5) is 32.3. The molecule has 2 heterocycles. The van der Waals surface area contributed by atoms with E-state index in [-0.39, 0.29) is 36.0 Å². The fourth-order valence-electron chi connectivity index (χ4n) is 4.02. The van der Waals surface area contributed by atoms with E-state index < -0.39 is 35.2 Å². The van der Waals surface area contributed by atoms with Crippen LogP contribution >= 0.6 is 11.3 Å². The first-order valence-electron chi connectivity index (χ1n) is 10.7. The summed E-state index contributed by atoms with van der Waals surface area (Å²) in [6, 6.07) is 7.62. The van der Waals surface area contributed by atoms with Crippen molar-refractivity contribution in [1.82, 2.24) is 9.88 Å². The summed E-state index contributed by atoms with van der Waals surface area (Å²) in [5.41, 5.74) is -1.32. The number of carbonyl (C=O) groups is 2. The summed E-state index contributed by atoms with van der Waals surface area (Å²) < 4.78 is 67.1. The van der Waals surface area contributed by atoms with Crippen LogP contribution in [-0.4, -0.2) is 41.8 Å². The number of alkyl halides is 3. The maximum atomic E-state index is 14.0. The first-order valence-corrected chi connectivity index (χ1v) is 11.6. The van der Waals surface area contributed by atoms with Gasteiger partial charge < -0.3 is 9.80 Å². The average Bonchev–Trinajstić information content (AvgIpc) is 3.33. The van der Waals surface area contributed by atoms with Crippen LogP contribution in [0.3, 0.4) is 0 Å². The molecule has 1 aliphatic heterocycles. The third kappa shape index (κ3) is 5.19. The third-order valence-electron chi connectivity index (χ3n) is 5.91. The summed E-state index contributed by atoms with van der Waals surface area (Å²) in [7, 11) is 1.36. The number of anilines is 1. The maximum Gasteiger partial charge on any atom is 0.417 e. The minimum absolute atomic E-state index is 0.0728. The lowest BCUT2D eigenvalue weighted by Gasteiger charge is -2.31. The van der Waals surface area contributed by atoms with Crippen LogP contribution in [0.1, 0.15) is 50.2 Å². The van der Waals surface area contributed by atoms with Gasteiger partial charge in [-0.3, -0.25) is 9.59 Å². The molecule has 0 radical (unpaired) electrons. The number of halogens is 5. The molecule has 0 aliphatic carbocycles. The lowest BCUT2D eigenvalue weighted by molar-refractivity contribution is -0.138. The van der Waals surface area contributed by atoms with Gasteiger partial charge in [0.15, 0.2) is 0 Å². The first kappa shape index (κ1) is 24.8. The Morgan fingerprint density at radius 1 is 1.09 bits per heavy atom. The van der Waals surface area contributed by atoms with Gasteiger partial charge in [0.1, 0.15) is 17.3 Å². The highest BCUT2D eigenvalue weighted by atomic mass is 32.1. The molecule has 1 aromatic heterocycles. The lowest BCUT2D eigenvalue weighted by atomic mass is 9.96. The smallest absolute Gasteiger partial charge is 0.339 e. The minimum atomic E-state index is -4.63. The number of piperidine rings is 1. The van der Waals surface area contributed by atoms with E-state index in [0.717, 1.165) is 17.0 Å². The van der Waals surface area contributed by atoms with Crippen molar-refractivity contribution < 1.29 is 31.5 Å². The second-order valence-corrected chi connectivity index (χ2v) is 9.03. The number of aromatic nitrogens is 1. The zero-order valence-corrected chi connectivity index (χ0v) is 19.3. The second-order valence-electron chi connectivity index (χ2n) is 8.14. The van der Waals surface area contributed by atoms with Crippen molar-refractivity contribution in [3.05, 3.63) is 81.3 Å². The van der Waals surface area contributed by atoms with Gasteiger partial charge in [-0.2, -0.15) is 13.2 Å². The summed E-state index contributed by atoms with van der Waals surface area (Å²) in [5.74, 6) is -2.93. The SMILES string of the molecule is CN(C(=O)c1csc(C2CCN(C(=O)c3ccccc3C(F)(F)F)CC2)n1)c1ccc(F)cc1F. The van der Waals surface area contributed by atoms with Crippen LogP contribution in [0.5, 0.6) is 0 Å². The Morgan fingerprint density at radius 3 is 2.43 bits per heavy atom. The van der Waals surface area contributed by atoms with Crippen LogP contribution < -0.4 is 4.90 Å². The number of likely N-dealkylation sites (tertiary alicyclic amines) is 1. The molecule has 1 aliphatic rings. The van der Waals surface area contributed by atoms with Gasteiger partial charge >= 0.3 is 6.18 Å². The van der Waals surface area contributed by atoms with E-state index >= 15 is 0 Å². The quantitative estimate of drug-likeness (QED) is 0.422. The van der Waals surface area contributed by atoms with E-state index in [9.17, 15) is 31.5 Å². The fraction of sp³-hybridized carbons (Fsp3) is 0.292. The standard InChI is InChI=1S/C24H20F5N3O2S/c1-31(20-7-6-15(25)12-18(20)26)23(34)19-13-35-21(30-19)14-8-10-32(11-9-14)22(33)16-4-2-3-5-17(16)24(27,28)29/h2-7,12-14H,8-11H2,1H3. The highest BCUT2D eigenvalue weighted by Gasteiger charge is 2.37. The highest BCUT2D eigenvalue weighted by molar-refractivity contribution is 7.10. The van der Waals surface area contributed by atoms with E-state index in [0.29, 0.717) is 23.9 Å². The molecule has 35 heavy (non-hydrogen) atoms. The fourth-order valence-corrected chi connectivity index (χ4v) is 4.99. The Hall–Kier alpha value is -3.34. The Morgan fingerprint density at radius 2 is 1.77 bits per heavy atom. The van der Waals surface area contributed by atoms with Gasteiger partial charge in [0.05, 0.1) is 21.8 Å². The number of hydrogen-bond donors (Lipinski definition) is 0. The molecule has 184 valence electrons. The third-order valence-corrected chi connectivity index (χ3v) is 6.92. The summed E-state index contributed by atoms with van der Waals surface area (Å²) in [6.45, 7) is 0.499. The number of carbonyl (C=O) groups excluding carboxylic acids is 2. The van der Waals surface area contributed by atoms with Gasteiger partial charge in [0.2, 0.25) is 0 Å². The molecule has 1 saturated heterocycles. The summed E-state index contributed by atoms with van der Waals surface area (Å²) in [6.07, 6.45) is -3.68. The van der Waals surface area contributed by atoms with Crippen molar-refractivity contribution in [3.8, 4) is 0 Å². The predicted octanol–water partition coefficient (Wildman–Crippen LogP) is 5.74. The highest BCUT2D eigenvalue weighted by Crippen LogP contribution is 2.35. The van der Waals surface area contributed by atoms with Gasteiger partial charge in [-0.25, -0.2) is 13.8 Å². The maximum absolute atomic E-state index is 14.0. The summed E-state index contributed by atoms with van der Waals surface area (Å²) >= 11 is 1.25. The molecule has 4 rings (SSSR count). The van der Waals surface area contributed by atoms with Crippen LogP contribution in [0.2, 0.25) is 0 Å². The van der Waals surface area contributed by atoms with Crippen molar-refractivity contribution >= 4 is 28.8 Å². The molecule has 0 unspecified atom stereocenters. The number of amides is 2. The van der Waals surface area contributed by atoms with E-state index in [1.54, 1.807) is 5.38 Å². The van der Waals surface area contributed by atoms with Crippen molar-refractivity contribution in [2.75, 3.05) is 25.0 Å². The minimum Gasteiger partial charge on any atom is -0.339 e. The number of hydrogen-bond acceptors (Lipinski definition) is 4. The Bertz CT molecular complexity index is 1250. The normalized spacial score (nSPS) is 14.7. The summed E-state index contributed by atoms with van der Waals surface area (Å²) in [5, 5.41) is 2.20. The monoisotopic (exact) mass is 509 g/mol. The van der Waals surface area contributed by atoms with Crippen molar-refractivity contribution in [2.24, 2.45) is 0 Å². The van der Waals surface area contributed by atoms with Gasteiger partial charge in [-0.05, 0) is 37.1 Å². The molecule has 0 spiro atoms. The molecular formula is C24H20F5N3O2S. The van der Waals surface area contributed by atoms with Gasteiger partial charge in [-0.1, -0.05) is 12.1 Å². The van der Waals surface area contributed by atoms with Crippen LogP contribution in [-0.2, 0) is 6.18 Å². The number of rotatable bonds is 4. The Labute approximate surface area is 201 Å². The molecule has 11 heteroatoms. The molecule has 3 aromatic rings. The zero-order valence-electron chi connectivity index (χ0n) is 18.5. The molecule has 0 bridgehead atoms. The van der Waals surface area contributed by atoms with Crippen molar-refractivity contribution in [2.45, 2.75) is 24.9 Å². The molecular weight excluding hydrogens is 489 g/mol. The van der Waals surface area contributed by atoms with Crippen molar-refractivity contribution in [3.63, 3.8) is 0 Å². The predicted molar refractivity (Wildman–Crippen MR) is 121 cm³/mol. The number of thiazole rings is 1. The second kappa shape index (κ2) is 9.73. The molecule has 0 saturated carbocycles. The number of nitrogens with zero attached hydrogens (tertiary/aromatic N) is 3. The molecule has 2 amide bonds. The van der Waals surface area contributed by atoms with Crippen LogP contribution in [0.25, 0.3) is 0 Å². The van der Waals surface area contributed by atoms with E-state index in [4.69, 9.17) is 0 Å². The van der Waals surface area contributed by atoms with Crippen LogP contribution in [0.4, 0.5) is 27.6 Å².